The number of fused-ring (bicyclic) bond motifs is 2. The number of anilines is 1. The Bertz CT molecular complexity index is 470. The van der Waals surface area contributed by atoms with Crippen molar-refractivity contribution in [1.82, 2.24) is 4.90 Å². The number of rotatable bonds is 1. The number of nitrogens with zero attached hydrogens (tertiary/aromatic N) is 1. The van der Waals surface area contributed by atoms with Gasteiger partial charge in [0.05, 0.1) is 0 Å². The first kappa shape index (κ1) is 10.9. The second-order valence-corrected chi connectivity index (χ2v) is 6.54. The van der Waals surface area contributed by atoms with E-state index < -0.39 is 0 Å². The predicted molar refractivity (Wildman–Crippen MR) is 74.4 cm³/mol. The average Bonchev–Trinajstić information content (AvgIpc) is 2.93. The third-order valence-electron chi connectivity index (χ3n) is 5.27. The first-order valence-electron chi connectivity index (χ1n) is 7.40. The normalized spacial score (nSPS) is 26.4. The van der Waals surface area contributed by atoms with Gasteiger partial charge in [-0.05, 0) is 48.9 Å². The molecule has 4 rings (SSSR count). The van der Waals surface area contributed by atoms with E-state index in [0.717, 1.165) is 18.3 Å². The Balaban J connectivity index is 1.69. The topological polar surface area (TPSA) is 29.3 Å². The van der Waals surface area contributed by atoms with Gasteiger partial charge in [-0.15, -0.1) is 0 Å². The quantitative estimate of drug-likeness (QED) is 0.767. The van der Waals surface area contributed by atoms with E-state index in [-0.39, 0.29) is 0 Å². The van der Waals surface area contributed by atoms with Crippen LogP contribution in [0, 0.1) is 0 Å². The third-order valence-corrected chi connectivity index (χ3v) is 5.27. The summed E-state index contributed by atoms with van der Waals surface area (Å²) < 4.78 is 0. The molecular formula is C16H22N2. The van der Waals surface area contributed by atoms with Crippen molar-refractivity contribution in [2.24, 2.45) is 0 Å². The van der Waals surface area contributed by atoms with E-state index in [9.17, 15) is 0 Å². The summed E-state index contributed by atoms with van der Waals surface area (Å²) in [6.45, 7) is 2.43. The number of hydrogen-bond acceptors (Lipinski definition) is 2. The van der Waals surface area contributed by atoms with Crippen molar-refractivity contribution in [3.63, 3.8) is 0 Å². The summed E-state index contributed by atoms with van der Waals surface area (Å²) in [7, 11) is 0. The minimum atomic E-state index is 0.504. The van der Waals surface area contributed by atoms with Crippen molar-refractivity contribution in [2.45, 2.75) is 56.5 Å². The molecule has 0 radical (unpaired) electrons. The van der Waals surface area contributed by atoms with Gasteiger partial charge in [0, 0.05) is 30.2 Å². The van der Waals surface area contributed by atoms with E-state index >= 15 is 0 Å². The predicted octanol–water partition coefficient (Wildman–Crippen LogP) is 3.06. The molecule has 3 aliphatic rings. The second-order valence-electron chi connectivity index (χ2n) is 6.54. The monoisotopic (exact) mass is 242 g/mol. The van der Waals surface area contributed by atoms with Crippen molar-refractivity contribution in [2.75, 3.05) is 12.3 Å². The largest absolute Gasteiger partial charge is 0.399 e. The molecule has 1 aromatic rings. The number of hydrogen-bond donors (Lipinski definition) is 1. The molecular weight excluding hydrogens is 220 g/mol. The Labute approximate surface area is 109 Å². The zero-order valence-electron chi connectivity index (χ0n) is 11.0. The van der Waals surface area contributed by atoms with Gasteiger partial charge in [0.2, 0.25) is 0 Å². The van der Waals surface area contributed by atoms with Gasteiger partial charge in [-0.1, -0.05) is 18.9 Å². The van der Waals surface area contributed by atoms with Gasteiger partial charge < -0.3 is 5.73 Å². The van der Waals surface area contributed by atoms with Crippen molar-refractivity contribution >= 4 is 5.69 Å². The summed E-state index contributed by atoms with van der Waals surface area (Å²) in [5, 5.41) is 0. The van der Waals surface area contributed by atoms with Crippen molar-refractivity contribution in [1.29, 1.82) is 0 Å². The molecule has 0 bridgehead atoms. The summed E-state index contributed by atoms with van der Waals surface area (Å²) in [4.78, 5) is 2.75. The third kappa shape index (κ3) is 1.58. The van der Waals surface area contributed by atoms with Gasteiger partial charge in [-0.25, -0.2) is 0 Å². The standard InChI is InChI=1S/C16H22N2/c17-13-5-6-15-12(9-13)10-18(11-16(15)7-8-16)14-3-1-2-4-14/h5-6,9,14H,1-4,7-8,10-11,17H2. The molecule has 2 fully saturated rings. The molecule has 2 aliphatic carbocycles. The van der Waals surface area contributed by atoms with Crippen LogP contribution in [-0.4, -0.2) is 17.5 Å². The van der Waals surface area contributed by atoms with Gasteiger partial charge >= 0.3 is 0 Å². The van der Waals surface area contributed by atoms with Crippen LogP contribution in [0.25, 0.3) is 0 Å². The molecule has 0 saturated heterocycles. The van der Waals surface area contributed by atoms with E-state index in [1.807, 2.05) is 0 Å². The zero-order chi connectivity index (χ0) is 12.2. The van der Waals surface area contributed by atoms with E-state index in [2.05, 4.69) is 23.1 Å². The maximum Gasteiger partial charge on any atom is 0.0317 e. The summed E-state index contributed by atoms with van der Waals surface area (Å²) in [5.41, 5.74) is 10.5. The maximum atomic E-state index is 5.97. The van der Waals surface area contributed by atoms with Gasteiger partial charge in [-0.2, -0.15) is 0 Å². The second kappa shape index (κ2) is 3.74. The molecule has 0 amide bonds. The van der Waals surface area contributed by atoms with Crippen molar-refractivity contribution < 1.29 is 0 Å². The maximum absolute atomic E-state index is 5.97. The molecule has 1 aromatic carbocycles. The lowest BCUT2D eigenvalue weighted by atomic mass is 9.86. The number of benzene rings is 1. The zero-order valence-corrected chi connectivity index (χ0v) is 11.0. The lowest BCUT2D eigenvalue weighted by Crippen LogP contribution is -2.43. The molecule has 0 atom stereocenters. The molecule has 18 heavy (non-hydrogen) atoms. The Kier molecular flexibility index (Phi) is 2.25. The van der Waals surface area contributed by atoms with Crippen molar-refractivity contribution in [3.05, 3.63) is 29.3 Å². The summed E-state index contributed by atoms with van der Waals surface area (Å²) in [5.74, 6) is 0. The SMILES string of the molecule is Nc1ccc2c(c1)CN(C1CCCC1)CC21CC1. The Hall–Kier alpha value is -1.02. The molecule has 0 aromatic heterocycles. The first-order chi connectivity index (χ1) is 8.77. The van der Waals surface area contributed by atoms with Crippen LogP contribution in [-0.2, 0) is 12.0 Å². The molecule has 2 N–H and O–H groups in total. The molecule has 1 heterocycles. The van der Waals surface area contributed by atoms with Gasteiger partial charge in [0.25, 0.3) is 0 Å². The van der Waals surface area contributed by atoms with Crippen molar-refractivity contribution in [3.8, 4) is 0 Å². The highest BCUT2D eigenvalue weighted by molar-refractivity contribution is 5.50. The highest BCUT2D eigenvalue weighted by Crippen LogP contribution is 2.53. The van der Waals surface area contributed by atoms with Crippen LogP contribution in [0.1, 0.15) is 49.7 Å². The van der Waals surface area contributed by atoms with Gasteiger partial charge in [0.1, 0.15) is 0 Å². The van der Waals surface area contributed by atoms with Crippen LogP contribution in [0.4, 0.5) is 5.69 Å². The minimum absolute atomic E-state index is 0.504. The molecule has 0 unspecified atom stereocenters. The molecule has 2 nitrogen and oxygen atoms in total. The first-order valence-corrected chi connectivity index (χ1v) is 7.40. The highest BCUT2D eigenvalue weighted by atomic mass is 15.2. The number of nitrogens with two attached hydrogens (primary N) is 1. The fraction of sp³-hybridized carbons (Fsp3) is 0.625. The molecule has 2 heteroatoms. The summed E-state index contributed by atoms with van der Waals surface area (Å²) in [6.07, 6.45) is 8.44. The average molecular weight is 242 g/mol. The van der Waals surface area contributed by atoms with Gasteiger partial charge in [0.15, 0.2) is 0 Å². The molecule has 1 aliphatic heterocycles. The summed E-state index contributed by atoms with van der Waals surface area (Å²) >= 11 is 0. The Morgan fingerprint density at radius 3 is 2.67 bits per heavy atom. The van der Waals surface area contributed by atoms with E-state index in [1.54, 1.807) is 5.56 Å². The van der Waals surface area contributed by atoms with Crippen LogP contribution >= 0.6 is 0 Å². The fourth-order valence-electron chi connectivity index (χ4n) is 4.12. The minimum Gasteiger partial charge on any atom is -0.399 e. The van der Waals surface area contributed by atoms with E-state index in [1.165, 1.54) is 50.6 Å². The lowest BCUT2D eigenvalue weighted by Gasteiger charge is -2.38. The van der Waals surface area contributed by atoms with E-state index in [0.29, 0.717) is 5.41 Å². The van der Waals surface area contributed by atoms with Crippen LogP contribution < -0.4 is 5.73 Å². The van der Waals surface area contributed by atoms with Crippen LogP contribution in [0.15, 0.2) is 18.2 Å². The fourth-order valence-corrected chi connectivity index (χ4v) is 4.12. The highest BCUT2D eigenvalue weighted by Gasteiger charge is 2.49. The van der Waals surface area contributed by atoms with Crippen LogP contribution in [0.5, 0.6) is 0 Å². The Morgan fingerprint density at radius 1 is 1.17 bits per heavy atom. The lowest BCUT2D eigenvalue weighted by molar-refractivity contribution is 0.157. The van der Waals surface area contributed by atoms with E-state index in [4.69, 9.17) is 5.73 Å². The molecule has 1 spiro atoms. The smallest absolute Gasteiger partial charge is 0.0317 e. The molecule has 2 saturated carbocycles. The summed E-state index contributed by atoms with van der Waals surface area (Å²) in [6, 6.07) is 7.45. The Morgan fingerprint density at radius 2 is 1.94 bits per heavy atom. The van der Waals surface area contributed by atoms with Gasteiger partial charge in [-0.3, -0.25) is 4.90 Å². The molecule has 96 valence electrons. The van der Waals surface area contributed by atoms with Crippen LogP contribution in [0.2, 0.25) is 0 Å². The number of nitrogen functional groups attached to an aromatic ring is 1. The van der Waals surface area contributed by atoms with Crippen LogP contribution in [0.3, 0.4) is 0 Å².